The number of fused-ring (bicyclic) bond motifs is 1. The molecule has 33 heavy (non-hydrogen) atoms. The molecule has 0 amide bonds. The van der Waals surface area contributed by atoms with E-state index in [1.807, 2.05) is 60.7 Å². The number of para-hydroxylation sites is 2. The topological polar surface area (TPSA) is 83.6 Å². The summed E-state index contributed by atoms with van der Waals surface area (Å²) in [6, 6.07) is 24.1. The molecule has 0 aromatic heterocycles. The van der Waals surface area contributed by atoms with Crippen LogP contribution in [0.4, 0.5) is 5.69 Å². The molecule has 0 bridgehead atoms. The van der Waals surface area contributed by atoms with E-state index in [-0.39, 0.29) is 12.1 Å². The average molecular weight is 465 g/mol. The van der Waals surface area contributed by atoms with Crippen molar-refractivity contribution in [3.8, 4) is 11.5 Å². The van der Waals surface area contributed by atoms with Gasteiger partial charge in [0.2, 0.25) is 0 Å². The molecule has 1 unspecified atom stereocenters. The van der Waals surface area contributed by atoms with Crippen molar-refractivity contribution in [3.05, 3.63) is 88.9 Å². The standard InChI is InChI=1S/C26H29ClN4O2/c27-23-6-2-1-5-20(23)17-31-18-22(33-25-8-4-3-7-24(25)31)14-16-32-21-11-9-19(10-12-21)13-15-30-26(28)29/h1-12,22H,13-18H2,(H4,28,29,30). The van der Waals surface area contributed by atoms with Gasteiger partial charge in [0.1, 0.15) is 17.6 Å². The number of rotatable bonds is 9. The summed E-state index contributed by atoms with van der Waals surface area (Å²) in [5.41, 5.74) is 8.66. The molecule has 1 aliphatic rings. The predicted octanol–water partition coefficient (Wildman–Crippen LogP) is 4.60. The Morgan fingerprint density at radius 2 is 1.85 bits per heavy atom. The van der Waals surface area contributed by atoms with Gasteiger partial charge in [0.25, 0.3) is 0 Å². The van der Waals surface area contributed by atoms with E-state index in [9.17, 15) is 0 Å². The Morgan fingerprint density at radius 1 is 1.09 bits per heavy atom. The monoisotopic (exact) mass is 464 g/mol. The molecule has 0 saturated carbocycles. The van der Waals surface area contributed by atoms with Crippen LogP contribution < -0.4 is 25.4 Å². The number of halogens is 1. The smallest absolute Gasteiger partial charge is 0.185 e. The Morgan fingerprint density at radius 3 is 2.64 bits per heavy atom. The zero-order chi connectivity index (χ0) is 23.0. The van der Waals surface area contributed by atoms with Crippen LogP contribution >= 0.6 is 11.6 Å². The fourth-order valence-electron chi connectivity index (χ4n) is 3.91. The largest absolute Gasteiger partial charge is 0.493 e. The van der Waals surface area contributed by atoms with E-state index in [0.29, 0.717) is 13.2 Å². The van der Waals surface area contributed by atoms with Gasteiger partial charge in [-0.3, -0.25) is 5.41 Å². The first-order valence-corrected chi connectivity index (χ1v) is 11.5. The van der Waals surface area contributed by atoms with Crippen LogP contribution in [0, 0.1) is 5.41 Å². The van der Waals surface area contributed by atoms with Crippen molar-refractivity contribution in [3.63, 3.8) is 0 Å². The Hall–Kier alpha value is -3.38. The first-order chi connectivity index (χ1) is 16.1. The number of ether oxygens (including phenoxy) is 2. The third-order valence-corrected chi connectivity index (χ3v) is 5.97. The number of anilines is 1. The minimum Gasteiger partial charge on any atom is -0.493 e. The summed E-state index contributed by atoms with van der Waals surface area (Å²) in [5, 5.41) is 10.8. The first kappa shape index (κ1) is 22.8. The molecule has 0 radical (unpaired) electrons. The molecule has 1 atom stereocenters. The molecule has 3 aromatic carbocycles. The van der Waals surface area contributed by atoms with Gasteiger partial charge in [-0.25, -0.2) is 0 Å². The third-order valence-electron chi connectivity index (χ3n) is 5.60. The van der Waals surface area contributed by atoms with Crippen molar-refractivity contribution in [1.29, 1.82) is 5.41 Å². The van der Waals surface area contributed by atoms with Crippen molar-refractivity contribution < 1.29 is 9.47 Å². The van der Waals surface area contributed by atoms with Crippen LogP contribution in [0.25, 0.3) is 0 Å². The lowest BCUT2D eigenvalue weighted by Crippen LogP contribution is -2.40. The molecule has 0 spiro atoms. The van der Waals surface area contributed by atoms with E-state index in [1.54, 1.807) is 0 Å². The molecule has 0 saturated heterocycles. The van der Waals surface area contributed by atoms with E-state index in [2.05, 4.69) is 22.3 Å². The van der Waals surface area contributed by atoms with Crippen LogP contribution in [0.2, 0.25) is 5.02 Å². The Balaban J connectivity index is 1.32. The zero-order valence-corrected chi connectivity index (χ0v) is 19.2. The summed E-state index contributed by atoms with van der Waals surface area (Å²) in [6.45, 7) is 2.71. The van der Waals surface area contributed by atoms with Crippen LogP contribution in [-0.2, 0) is 13.0 Å². The lowest BCUT2D eigenvalue weighted by Gasteiger charge is -2.36. The third kappa shape index (κ3) is 6.33. The quantitative estimate of drug-likeness (QED) is 0.318. The summed E-state index contributed by atoms with van der Waals surface area (Å²) >= 11 is 6.41. The maximum Gasteiger partial charge on any atom is 0.185 e. The summed E-state index contributed by atoms with van der Waals surface area (Å²) in [4.78, 5) is 2.33. The lowest BCUT2D eigenvalue weighted by molar-refractivity contribution is 0.155. The Labute approximate surface area is 199 Å². The zero-order valence-electron chi connectivity index (χ0n) is 18.5. The fraction of sp³-hybridized carbons (Fsp3) is 0.269. The highest BCUT2D eigenvalue weighted by molar-refractivity contribution is 6.31. The van der Waals surface area contributed by atoms with E-state index < -0.39 is 0 Å². The minimum atomic E-state index is -0.00654. The number of guanidine groups is 1. The second-order valence-corrected chi connectivity index (χ2v) is 8.46. The lowest BCUT2D eigenvalue weighted by atomic mass is 10.1. The summed E-state index contributed by atoms with van der Waals surface area (Å²) < 4.78 is 12.2. The highest BCUT2D eigenvalue weighted by atomic mass is 35.5. The highest BCUT2D eigenvalue weighted by Gasteiger charge is 2.26. The highest BCUT2D eigenvalue weighted by Crippen LogP contribution is 2.35. The molecule has 4 rings (SSSR count). The van der Waals surface area contributed by atoms with Gasteiger partial charge in [-0.05, 0) is 47.9 Å². The van der Waals surface area contributed by atoms with E-state index in [4.69, 9.17) is 32.2 Å². The molecular formula is C26H29ClN4O2. The number of benzene rings is 3. The molecular weight excluding hydrogens is 436 g/mol. The number of nitrogens with two attached hydrogens (primary N) is 1. The number of nitrogens with one attached hydrogen (secondary N) is 2. The summed E-state index contributed by atoms with van der Waals surface area (Å²) in [6.07, 6.45) is 1.60. The van der Waals surface area contributed by atoms with Gasteiger partial charge in [-0.15, -0.1) is 0 Å². The van der Waals surface area contributed by atoms with E-state index in [1.165, 1.54) is 5.56 Å². The first-order valence-electron chi connectivity index (χ1n) is 11.1. The Bertz CT molecular complexity index is 1070. The molecule has 172 valence electrons. The van der Waals surface area contributed by atoms with Gasteiger partial charge in [0.15, 0.2) is 5.96 Å². The van der Waals surface area contributed by atoms with E-state index in [0.717, 1.165) is 53.7 Å². The van der Waals surface area contributed by atoms with Crippen LogP contribution in [0.3, 0.4) is 0 Å². The molecule has 6 nitrogen and oxygen atoms in total. The molecule has 0 fully saturated rings. The summed E-state index contributed by atoms with van der Waals surface area (Å²) in [7, 11) is 0. The van der Waals surface area contributed by atoms with Gasteiger partial charge >= 0.3 is 0 Å². The van der Waals surface area contributed by atoms with Crippen molar-refractivity contribution in [2.75, 3.05) is 24.6 Å². The molecule has 4 N–H and O–H groups in total. The van der Waals surface area contributed by atoms with E-state index >= 15 is 0 Å². The maximum absolute atomic E-state index is 7.20. The minimum absolute atomic E-state index is 0.00654. The van der Waals surface area contributed by atoms with Crippen LogP contribution in [0.15, 0.2) is 72.8 Å². The maximum atomic E-state index is 7.20. The van der Waals surface area contributed by atoms with Crippen molar-refractivity contribution in [1.82, 2.24) is 5.32 Å². The SMILES string of the molecule is N=C(N)NCCc1ccc(OCCC2CN(Cc3ccccc3Cl)c3ccccc3O2)cc1. The second-order valence-electron chi connectivity index (χ2n) is 8.05. The molecule has 1 aliphatic heterocycles. The molecule has 7 heteroatoms. The van der Waals surface area contributed by atoms with Crippen LogP contribution in [-0.4, -0.2) is 31.8 Å². The van der Waals surface area contributed by atoms with Gasteiger partial charge in [0, 0.05) is 24.5 Å². The van der Waals surface area contributed by atoms with Gasteiger partial charge in [0.05, 0.1) is 18.8 Å². The normalized spacial score (nSPS) is 14.8. The van der Waals surface area contributed by atoms with Gasteiger partial charge < -0.3 is 25.4 Å². The number of nitrogens with zero attached hydrogens (tertiary/aromatic N) is 1. The molecule has 0 aliphatic carbocycles. The van der Waals surface area contributed by atoms with Gasteiger partial charge in [-0.2, -0.15) is 0 Å². The summed E-state index contributed by atoms with van der Waals surface area (Å²) in [5.74, 6) is 1.72. The fourth-order valence-corrected chi connectivity index (χ4v) is 4.11. The number of hydrogen-bond acceptors (Lipinski definition) is 4. The van der Waals surface area contributed by atoms with Gasteiger partial charge in [-0.1, -0.05) is 54.1 Å². The predicted molar refractivity (Wildman–Crippen MR) is 134 cm³/mol. The number of hydrogen-bond donors (Lipinski definition) is 3. The molecule has 3 aromatic rings. The van der Waals surface area contributed by atoms with Crippen LogP contribution in [0.5, 0.6) is 11.5 Å². The van der Waals surface area contributed by atoms with Crippen molar-refractivity contribution in [2.45, 2.75) is 25.5 Å². The average Bonchev–Trinajstić information content (AvgIpc) is 2.81. The Kier molecular flexibility index (Phi) is 7.58. The van der Waals surface area contributed by atoms with Crippen molar-refractivity contribution in [2.24, 2.45) is 5.73 Å². The van der Waals surface area contributed by atoms with Crippen LogP contribution in [0.1, 0.15) is 17.5 Å². The molecule has 1 heterocycles. The van der Waals surface area contributed by atoms with Crippen molar-refractivity contribution >= 4 is 23.2 Å². The second kappa shape index (κ2) is 11.0.